The number of rotatable bonds is 6. The first-order valence-corrected chi connectivity index (χ1v) is 7.24. The Morgan fingerprint density at radius 3 is 2.70 bits per heavy atom. The lowest BCUT2D eigenvalue weighted by atomic mass is 10.2. The SMILES string of the molecule is COc1ccc(OC)c(CNS(=O)(=O)c2cnc[nH]2)c1. The number of benzene rings is 1. The minimum absolute atomic E-state index is 0.0133. The van der Waals surface area contributed by atoms with Crippen LogP contribution in [0.4, 0.5) is 0 Å². The van der Waals surface area contributed by atoms with Gasteiger partial charge in [0.2, 0.25) is 0 Å². The fourth-order valence-corrected chi connectivity index (χ4v) is 2.57. The molecule has 0 saturated heterocycles. The van der Waals surface area contributed by atoms with Crippen LogP contribution in [0.5, 0.6) is 11.5 Å². The first-order chi connectivity index (χ1) is 9.56. The molecular weight excluding hydrogens is 282 g/mol. The fraction of sp³-hybridized carbons (Fsp3) is 0.250. The standard InChI is InChI=1S/C12H15N3O4S/c1-18-10-3-4-11(19-2)9(5-10)6-15-20(16,17)12-7-13-8-14-12/h3-5,7-8,15H,6H2,1-2H3,(H,13,14). The van der Waals surface area contributed by atoms with Gasteiger partial charge in [-0.15, -0.1) is 0 Å². The molecule has 0 aliphatic carbocycles. The highest BCUT2D eigenvalue weighted by Gasteiger charge is 2.16. The van der Waals surface area contributed by atoms with Gasteiger partial charge < -0.3 is 14.5 Å². The van der Waals surface area contributed by atoms with E-state index in [0.717, 1.165) is 0 Å². The first-order valence-electron chi connectivity index (χ1n) is 5.76. The summed E-state index contributed by atoms with van der Waals surface area (Å²) in [6, 6.07) is 5.18. The van der Waals surface area contributed by atoms with Crippen LogP contribution in [0.2, 0.25) is 0 Å². The van der Waals surface area contributed by atoms with E-state index in [1.54, 1.807) is 25.3 Å². The Morgan fingerprint density at radius 1 is 1.30 bits per heavy atom. The van der Waals surface area contributed by atoms with E-state index in [4.69, 9.17) is 9.47 Å². The van der Waals surface area contributed by atoms with Gasteiger partial charge in [-0.3, -0.25) is 0 Å². The number of methoxy groups -OCH3 is 2. The third kappa shape index (κ3) is 3.09. The second-order valence-electron chi connectivity index (χ2n) is 3.92. The van der Waals surface area contributed by atoms with E-state index in [2.05, 4.69) is 14.7 Å². The second kappa shape index (κ2) is 5.93. The van der Waals surface area contributed by atoms with Crippen LogP contribution < -0.4 is 14.2 Å². The Hall–Kier alpha value is -2.06. The number of aromatic nitrogens is 2. The van der Waals surface area contributed by atoms with Gasteiger partial charge in [-0.2, -0.15) is 0 Å². The molecule has 0 saturated carbocycles. The number of sulfonamides is 1. The molecule has 0 aliphatic heterocycles. The van der Waals surface area contributed by atoms with Crippen LogP contribution >= 0.6 is 0 Å². The number of imidazole rings is 1. The smallest absolute Gasteiger partial charge is 0.257 e. The molecule has 7 nitrogen and oxygen atoms in total. The van der Waals surface area contributed by atoms with Crippen molar-refractivity contribution in [1.29, 1.82) is 0 Å². The van der Waals surface area contributed by atoms with Gasteiger partial charge in [0.05, 0.1) is 26.7 Å². The van der Waals surface area contributed by atoms with Crippen LogP contribution in [0.3, 0.4) is 0 Å². The molecule has 0 spiro atoms. The predicted octanol–water partition coefficient (Wildman–Crippen LogP) is 0.905. The summed E-state index contributed by atoms with van der Waals surface area (Å²) in [4.78, 5) is 6.23. The fourth-order valence-electron chi connectivity index (χ4n) is 1.66. The van der Waals surface area contributed by atoms with Crippen LogP contribution in [-0.4, -0.2) is 32.6 Å². The second-order valence-corrected chi connectivity index (χ2v) is 5.65. The zero-order chi connectivity index (χ0) is 14.6. The van der Waals surface area contributed by atoms with Crippen molar-refractivity contribution in [3.05, 3.63) is 36.3 Å². The van der Waals surface area contributed by atoms with Crippen molar-refractivity contribution in [2.24, 2.45) is 0 Å². The Morgan fingerprint density at radius 2 is 2.10 bits per heavy atom. The molecule has 2 aromatic rings. The van der Waals surface area contributed by atoms with Gasteiger partial charge in [0.1, 0.15) is 11.5 Å². The Balaban J connectivity index is 2.18. The number of aromatic amines is 1. The Bertz CT molecular complexity index is 668. The molecule has 20 heavy (non-hydrogen) atoms. The highest BCUT2D eigenvalue weighted by molar-refractivity contribution is 7.89. The summed E-state index contributed by atoms with van der Waals surface area (Å²) in [5.74, 6) is 1.21. The normalized spacial score (nSPS) is 11.3. The molecule has 2 N–H and O–H groups in total. The summed E-state index contributed by atoms with van der Waals surface area (Å²) >= 11 is 0. The van der Waals surface area contributed by atoms with Crippen molar-refractivity contribution in [3.63, 3.8) is 0 Å². The molecular formula is C12H15N3O4S. The quantitative estimate of drug-likeness (QED) is 0.826. The lowest BCUT2D eigenvalue weighted by molar-refractivity contribution is 0.398. The minimum atomic E-state index is -3.62. The average Bonchev–Trinajstić information content (AvgIpc) is 3.00. The molecule has 0 fully saturated rings. The molecule has 0 radical (unpaired) electrons. The summed E-state index contributed by atoms with van der Waals surface area (Å²) in [5.41, 5.74) is 0.676. The molecule has 8 heteroatoms. The van der Waals surface area contributed by atoms with Crippen LogP contribution in [0.15, 0.2) is 35.7 Å². The molecule has 0 unspecified atom stereocenters. The van der Waals surface area contributed by atoms with Gasteiger partial charge in [0.25, 0.3) is 10.0 Å². The van der Waals surface area contributed by atoms with Crippen molar-refractivity contribution in [2.75, 3.05) is 14.2 Å². The van der Waals surface area contributed by atoms with Crippen molar-refractivity contribution in [1.82, 2.24) is 14.7 Å². The predicted molar refractivity (Wildman–Crippen MR) is 72.2 cm³/mol. The number of nitrogens with zero attached hydrogens (tertiary/aromatic N) is 1. The minimum Gasteiger partial charge on any atom is -0.497 e. The molecule has 108 valence electrons. The van der Waals surface area contributed by atoms with Crippen LogP contribution in [0, 0.1) is 0 Å². The zero-order valence-electron chi connectivity index (χ0n) is 11.1. The molecule has 0 amide bonds. The molecule has 2 rings (SSSR count). The maximum atomic E-state index is 12.0. The van der Waals surface area contributed by atoms with E-state index >= 15 is 0 Å². The zero-order valence-corrected chi connectivity index (χ0v) is 11.9. The van der Waals surface area contributed by atoms with Gasteiger partial charge in [-0.05, 0) is 18.2 Å². The topological polar surface area (TPSA) is 93.3 Å². The number of ether oxygens (including phenoxy) is 2. The number of hydrogen-bond acceptors (Lipinski definition) is 5. The highest BCUT2D eigenvalue weighted by atomic mass is 32.2. The third-order valence-corrected chi connectivity index (χ3v) is 4.03. The van der Waals surface area contributed by atoms with Crippen molar-refractivity contribution < 1.29 is 17.9 Å². The summed E-state index contributed by atoms with van der Waals surface area (Å²) in [6.45, 7) is 0.0850. The summed E-state index contributed by atoms with van der Waals surface area (Å²) in [6.07, 6.45) is 2.55. The monoisotopic (exact) mass is 297 g/mol. The van der Waals surface area contributed by atoms with Gasteiger partial charge in [-0.25, -0.2) is 18.1 Å². The van der Waals surface area contributed by atoms with Crippen molar-refractivity contribution in [2.45, 2.75) is 11.6 Å². The van der Waals surface area contributed by atoms with E-state index in [-0.39, 0.29) is 11.6 Å². The van der Waals surface area contributed by atoms with E-state index in [0.29, 0.717) is 17.1 Å². The Labute approximate surface area is 117 Å². The number of nitrogens with one attached hydrogen (secondary N) is 2. The number of hydrogen-bond donors (Lipinski definition) is 2. The van der Waals surface area contributed by atoms with Crippen molar-refractivity contribution >= 4 is 10.0 Å². The lowest BCUT2D eigenvalue weighted by Gasteiger charge is -2.11. The highest BCUT2D eigenvalue weighted by Crippen LogP contribution is 2.24. The van der Waals surface area contributed by atoms with Gasteiger partial charge in [-0.1, -0.05) is 0 Å². The Kier molecular flexibility index (Phi) is 4.26. The maximum Gasteiger partial charge on any atom is 0.257 e. The van der Waals surface area contributed by atoms with Gasteiger partial charge in [0.15, 0.2) is 5.03 Å². The van der Waals surface area contributed by atoms with Crippen molar-refractivity contribution in [3.8, 4) is 11.5 Å². The van der Waals surface area contributed by atoms with Gasteiger partial charge in [0, 0.05) is 12.1 Å². The van der Waals surface area contributed by atoms with E-state index in [1.165, 1.54) is 19.6 Å². The number of H-pyrrole nitrogens is 1. The van der Waals surface area contributed by atoms with Crippen LogP contribution in [0.25, 0.3) is 0 Å². The third-order valence-electron chi connectivity index (χ3n) is 2.70. The molecule has 1 aromatic heterocycles. The van der Waals surface area contributed by atoms with Crippen LogP contribution in [-0.2, 0) is 16.6 Å². The summed E-state index contributed by atoms with van der Waals surface area (Å²) in [7, 11) is -0.560. The van der Waals surface area contributed by atoms with Crippen LogP contribution in [0.1, 0.15) is 5.56 Å². The maximum absolute atomic E-state index is 12.0. The van der Waals surface area contributed by atoms with E-state index < -0.39 is 10.0 Å². The summed E-state index contributed by atoms with van der Waals surface area (Å²) < 4.78 is 36.7. The first kappa shape index (κ1) is 14.4. The van der Waals surface area contributed by atoms with E-state index in [1.807, 2.05) is 0 Å². The average molecular weight is 297 g/mol. The molecule has 1 aromatic carbocycles. The van der Waals surface area contributed by atoms with Gasteiger partial charge >= 0.3 is 0 Å². The van der Waals surface area contributed by atoms with E-state index in [9.17, 15) is 8.42 Å². The summed E-state index contributed by atoms with van der Waals surface area (Å²) in [5, 5.41) is 0.0133. The molecule has 1 heterocycles. The molecule has 0 aliphatic rings. The largest absolute Gasteiger partial charge is 0.497 e. The lowest BCUT2D eigenvalue weighted by Crippen LogP contribution is -2.23. The molecule has 0 bridgehead atoms. The molecule has 0 atom stereocenters.